The lowest BCUT2D eigenvalue weighted by Gasteiger charge is -2.18. The van der Waals surface area contributed by atoms with Crippen molar-refractivity contribution in [2.75, 3.05) is 23.3 Å². The van der Waals surface area contributed by atoms with Crippen LogP contribution in [0.5, 0.6) is 0 Å². The largest absolute Gasteiger partial charge is 0.355 e. The highest BCUT2D eigenvalue weighted by atomic mass is 19.1. The average molecular weight is 417 g/mol. The number of carbonyl (C=O) groups excluding carboxylic acids is 2. The first kappa shape index (κ1) is 21.6. The number of carbonyl (C=O) groups is 2. The second-order valence-electron chi connectivity index (χ2n) is 7.31. The van der Waals surface area contributed by atoms with Gasteiger partial charge in [0.15, 0.2) is 5.82 Å². The topological polar surface area (TPSA) is 87.2 Å². The molecular formula is C21H25F2N5O2. The number of anilines is 2. The average Bonchev–Trinajstić information content (AvgIpc) is 3.22. The lowest BCUT2D eigenvalue weighted by atomic mass is 10.1. The maximum atomic E-state index is 13.3. The normalized spacial score (nSPS) is 14.4. The van der Waals surface area contributed by atoms with Crippen LogP contribution in [0.1, 0.15) is 38.2 Å². The molecule has 1 saturated heterocycles. The van der Waals surface area contributed by atoms with Crippen LogP contribution in [0, 0.1) is 11.6 Å². The van der Waals surface area contributed by atoms with Gasteiger partial charge < -0.3 is 15.5 Å². The summed E-state index contributed by atoms with van der Waals surface area (Å²) in [5, 5.41) is 5.30. The minimum atomic E-state index is -0.791. The molecule has 1 unspecified atom stereocenters. The van der Waals surface area contributed by atoms with Crippen molar-refractivity contribution in [1.29, 1.82) is 0 Å². The van der Waals surface area contributed by atoms with E-state index in [2.05, 4.69) is 25.5 Å². The van der Waals surface area contributed by atoms with Crippen LogP contribution in [0.25, 0.3) is 0 Å². The zero-order valence-corrected chi connectivity index (χ0v) is 16.8. The minimum absolute atomic E-state index is 0.198. The molecule has 1 aromatic heterocycles. The Balaban J connectivity index is 1.58. The first-order chi connectivity index (χ1) is 14.4. The lowest BCUT2D eigenvalue weighted by molar-refractivity contribution is -0.126. The van der Waals surface area contributed by atoms with Crippen molar-refractivity contribution in [3.8, 4) is 0 Å². The summed E-state index contributed by atoms with van der Waals surface area (Å²) < 4.78 is 26.6. The molecule has 1 atom stereocenters. The van der Waals surface area contributed by atoms with Crippen LogP contribution in [0.3, 0.4) is 0 Å². The maximum Gasteiger partial charge on any atom is 0.248 e. The Morgan fingerprint density at radius 1 is 1.10 bits per heavy atom. The molecule has 2 N–H and O–H groups in total. The van der Waals surface area contributed by atoms with E-state index < -0.39 is 29.5 Å². The first-order valence-electron chi connectivity index (χ1n) is 10.1. The van der Waals surface area contributed by atoms with E-state index in [0.717, 1.165) is 49.9 Å². The summed E-state index contributed by atoms with van der Waals surface area (Å²) in [6, 6.07) is 2.13. The number of benzene rings is 1. The number of hydrogen-bond acceptors (Lipinski definition) is 5. The summed E-state index contributed by atoms with van der Waals surface area (Å²) in [7, 11) is 0. The van der Waals surface area contributed by atoms with Gasteiger partial charge in [0.2, 0.25) is 11.8 Å². The predicted molar refractivity (Wildman–Crippen MR) is 109 cm³/mol. The standard InChI is InChI=1S/C21H25F2N5O2/c1-2-5-17(26-20(29)10-14-8-15(22)11-16(23)9-14)21(30)27-18-12-25-19(13-24-18)28-6-3-4-7-28/h8-9,11-13,17H,2-7,10H2,1H3,(H,26,29)(H,24,27,30). The molecule has 1 fully saturated rings. The molecule has 2 amide bonds. The maximum absolute atomic E-state index is 13.3. The molecule has 0 bridgehead atoms. The van der Waals surface area contributed by atoms with E-state index in [1.807, 2.05) is 6.92 Å². The Morgan fingerprint density at radius 3 is 2.40 bits per heavy atom. The van der Waals surface area contributed by atoms with Crippen LogP contribution in [0.15, 0.2) is 30.6 Å². The molecule has 30 heavy (non-hydrogen) atoms. The summed E-state index contributed by atoms with van der Waals surface area (Å²) in [4.78, 5) is 35.6. The zero-order valence-electron chi connectivity index (χ0n) is 16.8. The summed E-state index contributed by atoms with van der Waals surface area (Å²) in [6.07, 6.45) is 6.20. The molecule has 1 aliphatic rings. The Labute approximate surface area is 173 Å². The monoisotopic (exact) mass is 417 g/mol. The zero-order chi connectivity index (χ0) is 21.5. The van der Waals surface area contributed by atoms with Crippen LogP contribution in [-0.4, -0.2) is 40.9 Å². The van der Waals surface area contributed by atoms with Crippen LogP contribution in [0.4, 0.5) is 20.4 Å². The highest BCUT2D eigenvalue weighted by Crippen LogP contribution is 2.17. The molecule has 0 spiro atoms. The minimum Gasteiger partial charge on any atom is -0.355 e. The summed E-state index contributed by atoms with van der Waals surface area (Å²) in [5.74, 6) is -1.35. The second-order valence-corrected chi connectivity index (χ2v) is 7.31. The summed E-state index contributed by atoms with van der Waals surface area (Å²) in [6.45, 7) is 3.78. The Morgan fingerprint density at radius 2 is 1.80 bits per heavy atom. The Kier molecular flexibility index (Phi) is 7.26. The predicted octanol–water partition coefficient (Wildman–Crippen LogP) is 2.82. The highest BCUT2D eigenvalue weighted by Gasteiger charge is 2.21. The van der Waals surface area contributed by atoms with Crippen LogP contribution in [-0.2, 0) is 16.0 Å². The van der Waals surface area contributed by atoms with Gasteiger partial charge >= 0.3 is 0 Å². The fourth-order valence-corrected chi connectivity index (χ4v) is 3.41. The van der Waals surface area contributed by atoms with Crippen LogP contribution in [0.2, 0.25) is 0 Å². The molecule has 2 aromatic rings. The fourth-order valence-electron chi connectivity index (χ4n) is 3.41. The van der Waals surface area contributed by atoms with E-state index in [1.165, 1.54) is 6.20 Å². The van der Waals surface area contributed by atoms with Gasteiger partial charge in [0.1, 0.15) is 23.5 Å². The summed E-state index contributed by atoms with van der Waals surface area (Å²) >= 11 is 0. The number of rotatable bonds is 8. The molecule has 1 aromatic carbocycles. The van der Waals surface area contributed by atoms with Gasteiger partial charge in [-0.15, -0.1) is 0 Å². The van der Waals surface area contributed by atoms with Gasteiger partial charge in [0.05, 0.1) is 18.8 Å². The van der Waals surface area contributed by atoms with E-state index >= 15 is 0 Å². The molecule has 0 saturated carbocycles. The van der Waals surface area contributed by atoms with E-state index in [0.29, 0.717) is 18.7 Å². The number of amides is 2. The molecule has 1 aliphatic heterocycles. The van der Waals surface area contributed by atoms with Gasteiger partial charge in [0, 0.05) is 19.2 Å². The number of nitrogens with zero attached hydrogens (tertiary/aromatic N) is 3. The van der Waals surface area contributed by atoms with Crippen molar-refractivity contribution in [1.82, 2.24) is 15.3 Å². The van der Waals surface area contributed by atoms with Gasteiger partial charge in [-0.3, -0.25) is 9.59 Å². The van der Waals surface area contributed by atoms with Crippen molar-refractivity contribution in [2.45, 2.75) is 45.1 Å². The molecule has 0 aliphatic carbocycles. The third-order valence-electron chi connectivity index (χ3n) is 4.84. The van der Waals surface area contributed by atoms with Crippen molar-refractivity contribution < 1.29 is 18.4 Å². The number of hydrogen-bond donors (Lipinski definition) is 2. The molecule has 0 radical (unpaired) electrons. The third kappa shape index (κ3) is 5.95. The van der Waals surface area contributed by atoms with Gasteiger partial charge in [-0.25, -0.2) is 18.7 Å². The fraction of sp³-hybridized carbons (Fsp3) is 0.429. The van der Waals surface area contributed by atoms with Crippen molar-refractivity contribution >= 4 is 23.5 Å². The first-order valence-corrected chi connectivity index (χ1v) is 10.1. The number of nitrogens with one attached hydrogen (secondary N) is 2. The van der Waals surface area contributed by atoms with Gasteiger partial charge in [-0.1, -0.05) is 13.3 Å². The third-order valence-corrected chi connectivity index (χ3v) is 4.84. The molecule has 160 valence electrons. The second kappa shape index (κ2) is 10.1. The summed E-state index contributed by atoms with van der Waals surface area (Å²) in [5.41, 5.74) is 0.198. The molecular weight excluding hydrogens is 392 g/mol. The molecule has 9 heteroatoms. The van der Waals surface area contributed by atoms with Gasteiger partial charge in [0.25, 0.3) is 0 Å². The molecule has 7 nitrogen and oxygen atoms in total. The lowest BCUT2D eigenvalue weighted by Crippen LogP contribution is -2.44. The van der Waals surface area contributed by atoms with Crippen LogP contribution < -0.4 is 15.5 Å². The Bertz CT molecular complexity index is 865. The van der Waals surface area contributed by atoms with Gasteiger partial charge in [-0.05, 0) is 37.0 Å². The smallest absolute Gasteiger partial charge is 0.248 e. The van der Waals surface area contributed by atoms with Crippen molar-refractivity contribution in [3.05, 3.63) is 47.8 Å². The molecule has 2 heterocycles. The number of aromatic nitrogens is 2. The van der Waals surface area contributed by atoms with E-state index in [-0.39, 0.29) is 12.0 Å². The quantitative estimate of drug-likeness (QED) is 0.690. The van der Waals surface area contributed by atoms with Gasteiger partial charge in [-0.2, -0.15) is 0 Å². The van der Waals surface area contributed by atoms with Crippen LogP contribution >= 0.6 is 0 Å². The van der Waals surface area contributed by atoms with Crippen molar-refractivity contribution in [3.63, 3.8) is 0 Å². The van der Waals surface area contributed by atoms with E-state index in [9.17, 15) is 18.4 Å². The Hall–Kier alpha value is -3.10. The highest BCUT2D eigenvalue weighted by molar-refractivity contribution is 5.96. The van der Waals surface area contributed by atoms with Crippen molar-refractivity contribution in [2.24, 2.45) is 0 Å². The molecule has 3 rings (SSSR count). The SMILES string of the molecule is CCCC(NC(=O)Cc1cc(F)cc(F)c1)C(=O)Nc1cnc(N2CCCC2)cn1. The van der Waals surface area contributed by atoms with E-state index in [1.54, 1.807) is 6.20 Å². The van der Waals surface area contributed by atoms with E-state index in [4.69, 9.17) is 0 Å². The number of halogens is 2.